The number of hydrogen-bond acceptors (Lipinski definition) is 4. The van der Waals surface area contributed by atoms with E-state index in [2.05, 4.69) is 9.55 Å². The van der Waals surface area contributed by atoms with Crippen molar-refractivity contribution < 1.29 is 9.47 Å². The quantitative estimate of drug-likeness (QED) is 0.590. The summed E-state index contributed by atoms with van der Waals surface area (Å²) >= 11 is 6.26. The van der Waals surface area contributed by atoms with Gasteiger partial charge in [0.2, 0.25) is 0 Å². The maximum absolute atomic E-state index is 6.26. The molecule has 1 aliphatic rings. The maximum atomic E-state index is 6.26. The zero-order valence-corrected chi connectivity index (χ0v) is 15.0. The Bertz CT molecular complexity index is 736. The molecule has 1 atom stereocenters. The van der Waals surface area contributed by atoms with Crippen LogP contribution in [0.1, 0.15) is 37.1 Å². The van der Waals surface area contributed by atoms with Gasteiger partial charge in [0.25, 0.3) is 0 Å². The first kappa shape index (κ1) is 17.1. The lowest BCUT2D eigenvalue weighted by Crippen LogP contribution is -2.12. The SMILES string of the molecule is CCOC(OCC)c1ccncc1-c1nc2c(n1C)CC(Cl)C=C2. The molecule has 0 amide bonds. The van der Waals surface area contributed by atoms with Crippen LogP contribution in [0.2, 0.25) is 0 Å². The molecule has 0 saturated heterocycles. The third kappa shape index (κ3) is 3.24. The van der Waals surface area contributed by atoms with E-state index >= 15 is 0 Å². The third-order valence-electron chi connectivity index (χ3n) is 4.08. The van der Waals surface area contributed by atoms with Gasteiger partial charge in [-0.15, -0.1) is 11.6 Å². The molecule has 0 N–H and O–H groups in total. The third-order valence-corrected chi connectivity index (χ3v) is 4.38. The average Bonchev–Trinajstić information content (AvgIpc) is 2.91. The Hall–Kier alpha value is -1.69. The monoisotopic (exact) mass is 347 g/mol. The molecular weight excluding hydrogens is 326 g/mol. The second kappa shape index (κ2) is 7.47. The molecule has 1 aliphatic carbocycles. The predicted octanol–water partition coefficient (Wildman–Crippen LogP) is 3.73. The van der Waals surface area contributed by atoms with Gasteiger partial charge in [-0.1, -0.05) is 6.08 Å². The molecule has 0 bridgehead atoms. The molecule has 1 unspecified atom stereocenters. The Morgan fingerprint density at radius 3 is 2.79 bits per heavy atom. The molecule has 2 heterocycles. The van der Waals surface area contributed by atoms with Crippen LogP contribution in [0.4, 0.5) is 0 Å². The Kier molecular flexibility index (Phi) is 5.33. The highest BCUT2D eigenvalue weighted by Crippen LogP contribution is 2.32. The molecule has 3 rings (SSSR count). The lowest BCUT2D eigenvalue weighted by atomic mass is 10.1. The molecule has 24 heavy (non-hydrogen) atoms. The normalized spacial score (nSPS) is 16.6. The summed E-state index contributed by atoms with van der Waals surface area (Å²) in [5.74, 6) is 0.850. The fourth-order valence-corrected chi connectivity index (χ4v) is 3.16. The van der Waals surface area contributed by atoms with Crippen molar-refractivity contribution in [1.82, 2.24) is 14.5 Å². The number of pyridine rings is 1. The molecule has 0 saturated carbocycles. The summed E-state index contributed by atoms with van der Waals surface area (Å²) in [6, 6.07) is 1.93. The van der Waals surface area contributed by atoms with Gasteiger partial charge < -0.3 is 14.0 Å². The van der Waals surface area contributed by atoms with Crippen LogP contribution in [-0.4, -0.2) is 33.1 Å². The van der Waals surface area contributed by atoms with Gasteiger partial charge in [0.05, 0.1) is 11.1 Å². The summed E-state index contributed by atoms with van der Waals surface area (Å²) in [5, 5.41) is 0.00807. The number of fused-ring (bicyclic) bond motifs is 1. The van der Waals surface area contributed by atoms with Crippen molar-refractivity contribution in [3.8, 4) is 11.4 Å². The van der Waals surface area contributed by atoms with E-state index in [1.165, 1.54) is 0 Å². The van der Waals surface area contributed by atoms with Crippen LogP contribution in [0.3, 0.4) is 0 Å². The number of allylic oxidation sites excluding steroid dienone is 1. The zero-order chi connectivity index (χ0) is 17.1. The van der Waals surface area contributed by atoms with E-state index < -0.39 is 6.29 Å². The van der Waals surface area contributed by atoms with E-state index in [4.69, 9.17) is 26.1 Å². The van der Waals surface area contributed by atoms with E-state index in [0.717, 1.165) is 34.8 Å². The van der Waals surface area contributed by atoms with Crippen LogP contribution in [0.15, 0.2) is 24.5 Å². The molecule has 0 fully saturated rings. The second-order valence-corrected chi connectivity index (χ2v) is 6.17. The topological polar surface area (TPSA) is 49.2 Å². The molecule has 0 aliphatic heterocycles. The van der Waals surface area contributed by atoms with E-state index in [0.29, 0.717) is 13.2 Å². The minimum atomic E-state index is -0.428. The summed E-state index contributed by atoms with van der Waals surface area (Å²) in [6.45, 7) is 5.05. The Morgan fingerprint density at radius 1 is 1.33 bits per heavy atom. The zero-order valence-electron chi connectivity index (χ0n) is 14.2. The maximum Gasteiger partial charge on any atom is 0.184 e. The van der Waals surface area contributed by atoms with Crippen LogP contribution < -0.4 is 0 Å². The average molecular weight is 348 g/mol. The highest BCUT2D eigenvalue weighted by atomic mass is 35.5. The van der Waals surface area contributed by atoms with Gasteiger partial charge in [0, 0.05) is 55.9 Å². The van der Waals surface area contributed by atoms with Gasteiger partial charge in [-0.3, -0.25) is 4.98 Å². The number of halogens is 1. The smallest absolute Gasteiger partial charge is 0.184 e. The minimum Gasteiger partial charge on any atom is -0.349 e. The largest absolute Gasteiger partial charge is 0.349 e. The van der Waals surface area contributed by atoms with Crippen LogP contribution in [0.5, 0.6) is 0 Å². The number of hydrogen-bond donors (Lipinski definition) is 0. The van der Waals surface area contributed by atoms with Crippen molar-refractivity contribution in [3.63, 3.8) is 0 Å². The Morgan fingerprint density at radius 2 is 2.08 bits per heavy atom. The molecule has 6 heteroatoms. The highest BCUT2D eigenvalue weighted by Gasteiger charge is 2.24. The van der Waals surface area contributed by atoms with E-state index in [9.17, 15) is 0 Å². The molecule has 2 aromatic heterocycles. The summed E-state index contributed by atoms with van der Waals surface area (Å²) in [5.41, 5.74) is 3.95. The summed E-state index contributed by atoms with van der Waals surface area (Å²) in [7, 11) is 2.01. The van der Waals surface area contributed by atoms with E-state index in [1.807, 2.05) is 45.3 Å². The van der Waals surface area contributed by atoms with Crippen molar-refractivity contribution in [1.29, 1.82) is 0 Å². The highest BCUT2D eigenvalue weighted by molar-refractivity contribution is 6.22. The first-order valence-electron chi connectivity index (χ1n) is 8.21. The van der Waals surface area contributed by atoms with Crippen LogP contribution in [0, 0.1) is 0 Å². The summed E-state index contributed by atoms with van der Waals surface area (Å²) in [6.07, 6.45) is 7.87. The number of aromatic nitrogens is 3. The Balaban J connectivity index is 2.06. The molecule has 0 radical (unpaired) electrons. The van der Waals surface area contributed by atoms with Gasteiger partial charge in [0.1, 0.15) is 5.82 Å². The molecule has 2 aromatic rings. The molecular formula is C18H22ClN3O2. The molecule has 5 nitrogen and oxygen atoms in total. The van der Waals surface area contributed by atoms with E-state index in [1.54, 1.807) is 6.20 Å². The number of alkyl halides is 1. The first-order chi connectivity index (χ1) is 11.7. The second-order valence-electron chi connectivity index (χ2n) is 5.61. The van der Waals surface area contributed by atoms with Crippen molar-refractivity contribution in [2.75, 3.05) is 13.2 Å². The molecule has 128 valence electrons. The number of rotatable bonds is 6. The lowest BCUT2D eigenvalue weighted by Gasteiger charge is -2.20. The molecule has 0 aromatic carbocycles. The van der Waals surface area contributed by atoms with Crippen molar-refractivity contribution in [2.45, 2.75) is 31.9 Å². The van der Waals surface area contributed by atoms with Gasteiger partial charge in [-0.25, -0.2) is 4.98 Å². The number of imidazole rings is 1. The lowest BCUT2D eigenvalue weighted by molar-refractivity contribution is -0.140. The van der Waals surface area contributed by atoms with Crippen molar-refractivity contribution in [3.05, 3.63) is 41.5 Å². The fraction of sp³-hybridized carbons (Fsp3) is 0.444. The van der Waals surface area contributed by atoms with Crippen LogP contribution in [-0.2, 0) is 22.9 Å². The van der Waals surface area contributed by atoms with Gasteiger partial charge in [-0.2, -0.15) is 0 Å². The first-order valence-corrected chi connectivity index (χ1v) is 8.64. The predicted molar refractivity (Wildman–Crippen MR) is 94.8 cm³/mol. The number of ether oxygens (including phenoxy) is 2. The van der Waals surface area contributed by atoms with E-state index in [-0.39, 0.29) is 5.38 Å². The van der Waals surface area contributed by atoms with Crippen molar-refractivity contribution in [2.24, 2.45) is 7.05 Å². The van der Waals surface area contributed by atoms with Crippen LogP contribution in [0.25, 0.3) is 17.5 Å². The molecule has 0 spiro atoms. The van der Waals surface area contributed by atoms with Crippen molar-refractivity contribution >= 4 is 17.7 Å². The standard InChI is InChI=1S/C18H22ClN3O2/c1-4-23-18(24-5-2)13-8-9-20-11-14(13)17-21-15-7-6-12(19)10-16(15)22(17)3/h6-9,11-12,18H,4-5,10H2,1-3H3. The fourth-order valence-electron chi connectivity index (χ4n) is 2.95. The summed E-state index contributed by atoms with van der Waals surface area (Å²) in [4.78, 5) is 9.06. The Labute approximate surface area is 147 Å². The van der Waals surface area contributed by atoms with Crippen LogP contribution >= 0.6 is 11.6 Å². The van der Waals surface area contributed by atoms with Gasteiger partial charge in [0.15, 0.2) is 6.29 Å². The van der Waals surface area contributed by atoms with Gasteiger partial charge >= 0.3 is 0 Å². The number of nitrogens with zero attached hydrogens (tertiary/aromatic N) is 3. The summed E-state index contributed by atoms with van der Waals surface area (Å²) < 4.78 is 13.6. The minimum absolute atomic E-state index is 0.00807. The van der Waals surface area contributed by atoms with Gasteiger partial charge in [-0.05, 0) is 26.0 Å².